The summed E-state index contributed by atoms with van der Waals surface area (Å²) in [5.41, 5.74) is 0.982. The molecule has 1 saturated carbocycles. The molecule has 31 heavy (non-hydrogen) atoms. The van der Waals surface area contributed by atoms with Crippen LogP contribution in [-0.4, -0.2) is 6.61 Å². The summed E-state index contributed by atoms with van der Waals surface area (Å²) < 4.78 is 48.7. The lowest BCUT2D eigenvalue weighted by Gasteiger charge is -2.29. The van der Waals surface area contributed by atoms with Crippen molar-refractivity contribution in [2.75, 3.05) is 6.61 Å². The van der Waals surface area contributed by atoms with Gasteiger partial charge in [-0.05, 0) is 68.2 Å². The summed E-state index contributed by atoms with van der Waals surface area (Å²) in [6.07, 6.45) is 12.5. The van der Waals surface area contributed by atoms with Crippen molar-refractivity contribution < 1.29 is 17.9 Å². The van der Waals surface area contributed by atoms with Crippen LogP contribution in [0.2, 0.25) is 0 Å². The van der Waals surface area contributed by atoms with Gasteiger partial charge in [0.25, 0.3) is 0 Å². The van der Waals surface area contributed by atoms with Crippen molar-refractivity contribution in [3.05, 3.63) is 53.3 Å². The van der Waals surface area contributed by atoms with Crippen molar-refractivity contribution in [3.63, 3.8) is 0 Å². The van der Waals surface area contributed by atoms with Crippen molar-refractivity contribution in [3.8, 4) is 16.9 Å². The normalized spacial score (nSPS) is 18.9. The molecule has 0 unspecified atom stereocenters. The molecule has 0 bridgehead atoms. The van der Waals surface area contributed by atoms with Gasteiger partial charge in [0.1, 0.15) is 5.82 Å². The minimum absolute atomic E-state index is 0.0724. The third-order valence-electron chi connectivity index (χ3n) is 6.66. The molecule has 4 heteroatoms. The maximum atomic E-state index is 14.9. The molecule has 0 N–H and O–H groups in total. The fraction of sp³-hybridized carbons (Fsp3) is 0.556. The Kier molecular flexibility index (Phi) is 8.86. The molecule has 1 aliphatic carbocycles. The average molecular weight is 433 g/mol. The van der Waals surface area contributed by atoms with Gasteiger partial charge in [-0.3, -0.25) is 0 Å². The van der Waals surface area contributed by atoms with E-state index in [1.54, 1.807) is 13.0 Å². The van der Waals surface area contributed by atoms with Crippen molar-refractivity contribution >= 4 is 0 Å². The Morgan fingerprint density at radius 2 is 1.52 bits per heavy atom. The number of ether oxygens (including phenoxy) is 1. The zero-order valence-electron chi connectivity index (χ0n) is 18.9. The van der Waals surface area contributed by atoms with E-state index in [1.807, 2.05) is 6.07 Å². The predicted octanol–water partition coefficient (Wildman–Crippen LogP) is 8.80. The van der Waals surface area contributed by atoms with Gasteiger partial charge in [-0.2, -0.15) is 4.39 Å². The Bertz CT molecular complexity index is 841. The van der Waals surface area contributed by atoms with Gasteiger partial charge in [0.15, 0.2) is 11.6 Å². The van der Waals surface area contributed by atoms with Crippen LogP contribution in [0.4, 0.5) is 13.2 Å². The topological polar surface area (TPSA) is 9.23 Å². The molecule has 1 nitrogen and oxygen atoms in total. The Balaban J connectivity index is 1.61. The Morgan fingerprint density at radius 1 is 0.806 bits per heavy atom. The van der Waals surface area contributed by atoms with Crippen molar-refractivity contribution in [2.45, 2.75) is 84.0 Å². The zero-order valence-corrected chi connectivity index (χ0v) is 18.9. The largest absolute Gasteiger partial charge is 0.491 e. The van der Waals surface area contributed by atoms with Crippen LogP contribution in [0.1, 0.15) is 89.5 Å². The van der Waals surface area contributed by atoms with E-state index in [0.717, 1.165) is 24.3 Å². The highest BCUT2D eigenvalue weighted by Gasteiger charge is 2.24. The van der Waals surface area contributed by atoms with Crippen molar-refractivity contribution in [1.82, 2.24) is 0 Å². The number of hydrogen-bond acceptors (Lipinski definition) is 1. The number of benzene rings is 2. The molecule has 0 aliphatic heterocycles. The number of hydrogen-bond donors (Lipinski definition) is 0. The predicted molar refractivity (Wildman–Crippen MR) is 121 cm³/mol. The van der Waals surface area contributed by atoms with Gasteiger partial charge in [-0.15, -0.1) is 0 Å². The Morgan fingerprint density at radius 3 is 2.19 bits per heavy atom. The highest BCUT2D eigenvalue weighted by Crippen LogP contribution is 2.39. The van der Waals surface area contributed by atoms with E-state index in [2.05, 4.69) is 6.92 Å². The smallest absolute Gasteiger partial charge is 0.201 e. The molecular weight excluding hydrogens is 397 g/mol. The minimum Gasteiger partial charge on any atom is -0.491 e. The second-order valence-electron chi connectivity index (χ2n) is 8.83. The van der Waals surface area contributed by atoms with Gasteiger partial charge in [-0.1, -0.05) is 57.6 Å². The minimum atomic E-state index is -1.07. The monoisotopic (exact) mass is 432 g/mol. The van der Waals surface area contributed by atoms with Crippen LogP contribution in [0.25, 0.3) is 11.1 Å². The first kappa shape index (κ1) is 23.7. The second kappa shape index (κ2) is 11.6. The molecule has 0 radical (unpaired) electrons. The van der Waals surface area contributed by atoms with Crippen LogP contribution in [0, 0.1) is 23.4 Å². The van der Waals surface area contributed by atoms with E-state index in [-0.39, 0.29) is 23.5 Å². The lowest BCUT2D eigenvalue weighted by atomic mass is 9.77. The highest BCUT2D eigenvalue weighted by molar-refractivity contribution is 5.66. The second-order valence-corrected chi connectivity index (χ2v) is 8.83. The van der Waals surface area contributed by atoms with Crippen LogP contribution in [0.3, 0.4) is 0 Å². The number of rotatable bonds is 10. The molecule has 0 atom stereocenters. The van der Waals surface area contributed by atoms with Crippen molar-refractivity contribution in [2.24, 2.45) is 5.92 Å². The van der Waals surface area contributed by atoms with Gasteiger partial charge < -0.3 is 4.74 Å². The molecule has 0 saturated heterocycles. The first-order valence-electron chi connectivity index (χ1n) is 12.0. The quantitative estimate of drug-likeness (QED) is 0.341. The summed E-state index contributed by atoms with van der Waals surface area (Å²) in [5.74, 6) is -1.65. The van der Waals surface area contributed by atoms with Gasteiger partial charge in [0.2, 0.25) is 5.82 Å². The molecule has 0 heterocycles. The average Bonchev–Trinajstić information content (AvgIpc) is 2.78. The van der Waals surface area contributed by atoms with Crippen LogP contribution in [-0.2, 0) is 0 Å². The summed E-state index contributed by atoms with van der Waals surface area (Å²) in [6, 6.07) is 7.71. The maximum Gasteiger partial charge on any atom is 0.201 e. The molecule has 1 aliphatic rings. The van der Waals surface area contributed by atoms with Gasteiger partial charge in [0.05, 0.1) is 6.61 Å². The summed E-state index contributed by atoms with van der Waals surface area (Å²) in [6.45, 7) is 4.17. The molecular formula is C27H35F3O. The first-order chi connectivity index (χ1) is 15.0. The van der Waals surface area contributed by atoms with E-state index < -0.39 is 17.5 Å². The molecule has 0 spiro atoms. The van der Waals surface area contributed by atoms with Crippen molar-refractivity contribution in [1.29, 1.82) is 0 Å². The molecule has 2 aromatic rings. The van der Waals surface area contributed by atoms with Crippen LogP contribution in [0.15, 0.2) is 30.3 Å². The van der Waals surface area contributed by atoms with Crippen LogP contribution >= 0.6 is 0 Å². The Labute approximate surface area is 185 Å². The third kappa shape index (κ3) is 6.05. The summed E-state index contributed by atoms with van der Waals surface area (Å²) in [7, 11) is 0. The van der Waals surface area contributed by atoms with Gasteiger partial charge in [0, 0.05) is 11.1 Å². The summed E-state index contributed by atoms with van der Waals surface area (Å²) in [5, 5.41) is 0. The van der Waals surface area contributed by atoms with E-state index in [9.17, 15) is 13.2 Å². The van der Waals surface area contributed by atoms with Gasteiger partial charge >= 0.3 is 0 Å². The number of unbranched alkanes of at least 4 members (excludes halogenated alkanes) is 4. The van der Waals surface area contributed by atoms with E-state index in [4.69, 9.17) is 4.74 Å². The van der Waals surface area contributed by atoms with Crippen LogP contribution in [0.5, 0.6) is 5.75 Å². The van der Waals surface area contributed by atoms with E-state index in [0.29, 0.717) is 5.92 Å². The lowest BCUT2D eigenvalue weighted by molar-refractivity contribution is 0.301. The number of halogens is 3. The molecule has 2 aromatic carbocycles. The molecule has 1 fully saturated rings. The first-order valence-corrected chi connectivity index (χ1v) is 12.0. The lowest BCUT2D eigenvalue weighted by Crippen LogP contribution is -2.13. The maximum absolute atomic E-state index is 14.9. The standard InChI is InChI=1S/C27H35F3O/c1-3-5-6-7-8-9-19-10-12-20(13-11-19)21-14-15-22(24(28)18-21)23-16-17-25(31-4-2)27(30)26(23)29/h14-20H,3-13H2,1-2H3. The van der Waals surface area contributed by atoms with E-state index in [1.165, 1.54) is 69.6 Å². The Hall–Kier alpha value is -1.97. The molecule has 0 aromatic heterocycles. The SMILES string of the molecule is CCCCCCCC1CCC(c2ccc(-c3ccc(OCC)c(F)c3F)c(F)c2)CC1. The fourth-order valence-corrected chi connectivity index (χ4v) is 4.83. The summed E-state index contributed by atoms with van der Waals surface area (Å²) >= 11 is 0. The summed E-state index contributed by atoms with van der Waals surface area (Å²) in [4.78, 5) is 0. The fourth-order valence-electron chi connectivity index (χ4n) is 4.83. The van der Waals surface area contributed by atoms with Gasteiger partial charge in [-0.25, -0.2) is 8.78 Å². The third-order valence-corrected chi connectivity index (χ3v) is 6.66. The van der Waals surface area contributed by atoms with E-state index >= 15 is 0 Å². The molecule has 170 valence electrons. The molecule has 0 amide bonds. The molecule has 3 rings (SSSR count). The highest BCUT2D eigenvalue weighted by atomic mass is 19.2. The zero-order chi connectivity index (χ0) is 22.2. The van der Waals surface area contributed by atoms with Crippen LogP contribution < -0.4 is 4.74 Å².